The number of unbranched alkanes of at least 4 members (excludes halogenated alkanes) is 1. The zero-order chi connectivity index (χ0) is 15.0. The summed E-state index contributed by atoms with van der Waals surface area (Å²) in [5, 5.41) is 3.30. The Hall–Kier alpha value is -2.10. The molecule has 3 rings (SSSR count). The van der Waals surface area contributed by atoms with Crippen molar-refractivity contribution in [1.29, 1.82) is 0 Å². The molecule has 1 aliphatic heterocycles. The summed E-state index contributed by atoms with van der Waals surface area (Å²) in [6, 6.07) is 8.19. The summed E-state index contributed by atoms with van der Waals surface area (Å²) in [4.78, 5) is 16.8. The van der Waals surface area contributed by atoms with E-state index in [9.17, 15) is 4.79 Å². The lowest BCUT2D eigenvalue weighted by atomic mass is 9.94. The largest absolute Gasteiger partial charge is 0.329 e. The highest BCUT2D eigenvalue weighted by Gasteiger charge is 2.30. The van der Waals surface area contributed by atoms with E-state index in [1.54, 1.807) is 6.92 Å². The molecule has 0 spiro atoms. The number of hydrogen-bond acceptors (Lipinski definition) is 3. The second-order valence-electron chi connectivity index (χ2n) is 5.67. The van der Waals surface area contributed by atoms with Crippen LogP contribution in [-0.2, 0) is 4.79 Å². The van der Waals surface area contributed by atoms with Crippen LogP contribution in [0.2, 0.25) is 0 Å². The summed E-state index contributed by atoms with van der Waals surface area (Å²) in [7, 11) is 0. The number of carbonyl (C=O) groups excluding carboxylic acids is 1. The molecule has 0 fully saturated rings. The van der Waals surface area contributed by atoms with Crippen LogP contribution < -0.4 is 5.32 Å². The number of rotatable bonds is 4. The normalized spacial score (nSPS) is 17.8. The van der Waals surface area contributed by atoms with Crippen molar-refractivity contribution in [2.24, 2.45) is 0 Å². The standard InChI is InChI=1S/C17H21N3O/c1-4-5-9-15-16(12(3)21)11(2)18-17-19-13-8-6-7-10-14(13)20(15)17/h6-8,10,15H,4-5,9H2,1-3H3,(H,18,19). The predicted molar refractivity (Wildman–Crippen MR) is 85.3 cm³/mol. The number of hydrogen-bond donors (Lipinski definition) is 1. The summed E-state index contributed by atoms with van der Waals surface area (Å²) in [5.74, 6) is 0.990. The van der Waals surface area contributed by atoms with Crippen molar-refractivity contribution in [1.82, 2.24) is 9.55 Å². The third kappa shape index (κ3) is 2.24. The van der Waals surface area contributed by atoms with E-state index in [1.807, 2.05) is 25.1 Å². The first-order valence-corrected chi connectivity index (χ1v) is 7.59. The molecule has 0 bridgehead atoms. The second-order valence-corrected chi connectivity index (χ2v) is 5.67. The highest BCUT2D eigenvalue weighted by molar-refractivity contribution is 5.96. The Kier molecular flexibility index (Phi) is 3.53. The monoisotopic (exact) mass is 283 g/mol. The fraction of sp³-hybridized carbons (Fsp3) is 0.412. The number of aromatic nitrogens is 2. The molecule has 1 N–H and O–H groups in total. The minimum Gasteiger partial charge on any atom is -0.329 e. The molecular formula is C17H21N3O. The van der Waals surface area contributed by atoms with Crippen molar-refractivity contribution < 1.29 is 4.79 Å². The van der Waals surface area contributed by atoms with Crippen LogP contribution >= 0.6 is 0 Å². The molecule has 0 saturated carbocycles. The molecule has 1 atom stereocenters. The first kappa shape index (κ1) is 13.9. The summed E-state index contributed by atoms with van der Waals surface area (Å²) < 4.78 is 2.19. The average Bonchev–Trinajstić information content (AvgIpc) is 2.81. The molecule has 1 aromatic heterocycles. The molecule has 0 aliphatic carbocycles. The van der Waals surface area contributed by atoms with E-state index >= 15 is 0 Å². The van der Waals surface area contributed by atoms with Gasteiger partial charge in [-0.1, -0.05) is 31.9 Å². The number of nitrogens with zero attached hydrogens (tertiary/aromatic N) is 2. The number of ketones is 1. The Morgan fingerprint density at radius 3 is 2.86 bits per heavy atom. The molecule has 21 heavy (non-hydrogen) atoms. The molecule has 1 aliphatic rings. The number of nitrogens with one attached hydrogen (secondary N) is 1. The van der Waals surface area contributed by atoms with Gasteiger partial charge in [-0.05, 0) is 32.4 Å². The number of anilines is 1. The molecule has 0 radical (unpaired) electrons. The van der Waals surface area contributed by atoms with Gasteiger partial charge in [0.15, 0.2) is 5.78 Å². The number of fused-ring (bicyclic) bond motifs is 3. The predicted octanol–water partition coefficient (Wildman–Crippen LogP) is 4.06. The van der Waals surface area contributed by atoms with E-state index in [0.29, 0.717) is 0 Å². The third-order valence-corrected chi connectivity index (χ3v) is 4.15. The molecule has 0 amide bonds. The smallest absolute Gasteiger partial charge is 0.208 e. The SMILES string of the molecule is CCCCC1C(C(C)=O)=C(C)Nc2nc3ccccc3n21. The minimum absolute atomic E-state index is 0.0890. The van der Waals surface area contributed by atoms with Gasteiger partial charge in [-0.2, -0.15) is 0 Å². The lowest BCUT2D eigenvalue weighted by molar-refractivity contribution is -0.114. The van der Waals surface area contributed by atoms with Gasteiger partial charge in [0.1, 0.15) is 0 Å². The average molecular weight is 283 g/mol. The van der Waals surface area contributed by atoms with E-state index in [1.165, 1.54) is 0 Å². The van der Waals surface area contributed by atoms with Crippen molar-refractivity contribution in [3.8, 4) is 0 Å². The van der Waals surface area contributed by atoms with Gasteiger partial charge in [-0.15, -0.1) is 0 Å². The van der Waals surface area contributed by atoms with Crippen LogP contribution in [0.4, 0.5) is 5.95 Å². The first-order chi connectivity index (χ1) is 10.1. The third-order valence-electron chi connectivity index (χ3n) is 4.15. The quantitative estimate of drug-likeness (QED) is 0.920. The first-order valence-electron chi connectivity index (χ1n) is 7.59. The van der Waals surface area contributed by atoms with Crippen LogP contribution in [0.1, 0.15) is 46.1 Å². The summed E-state index contributed by atoms with van der Waals surface area (Å²) in [5.41, 5.74) is 3.89. The Bertz CT molecular complexity index is 727. The molecule has 2 aromatic rings. The van der Waals surface area contributed by atoms with Crippen molar-refractivity contribution in [2.75, 3.05) is 5.32 Å². The number of benzene rings is 1. The number of Topliss-reactive ketones (excluding diaryl/α,β-unsaturated/α-hetero) is 1. The Morgan fingerprint density at radius 2 is 2.14 bits per heavy atom. The molecule has 0 saturated heterocycles. The zero-order valence-electron chi connectivity index (χ0n) is 12.8. The van der Waals surface area contributed by atoms with E-state index in [4.69, 9.17) is 0 Å². The highest BCUT2D eigenvalue weighted by atomic mass is 16.1. The maximum atomic E-state index is 12.1. The summed E-state index contributed by atoms with van der Waals surface area (Å²) in [6.45, 7) is 5.81. The lowest BCUT2D eigenvalue weighted by Crippen LogP contribution is -2.26. The Balaban J connectivity index is 2.18. The van der Waals surface area contributed by atoms with Crippen LogP contribution in [0.3, 0.4) is 0 Å². The van der Waals surface area contributed by atoms with Gasteiger partial charge >= 0.3 is 0 Å². The fourth-order valence-corrected chi connectivity index (χ4v) is 3.23. The Labute approximate surface area is 124 Å². The molecule has 4 heteroatoms. The van der Waals surface area contributed by atoms with Crippen molar-refractivity contribution in [2.45, 2.75) is 46.1 Å². The van der Waals surface area contributed by atoms with Gasteiger partial charge in [-0.3, -0.25) is 4.79 Å². The molecule has 1 unspecified atom stereocenters. The molecular weight excluding hydrogens is 262 g/mol. The van der Waals surface area contributed by atoms with E-state index in [0.717, 1.165) is 47.5 Å². The fourth-order valence-electron chi connectivity index (χ4n) is 3.23. The number of imidazole rings is 1. The molecule has 110 valence electrons. The topological polar surface area (TPSA) is 46.9 Å². The number of carbonyl (C=O) groups is 1. The lowest BCUT2D eigenvalue weighted by Gasteiger charge is -2.29. The van der Waals surface area contributed by atoms with E-state index in [2.05, 4.69) is 27.9 Å². The van der Waals surface area contributed by atoms with Crippen LogP contribution in [0.5, 0.6) is 0 Å². The summed E-state index contributed by atoms with van der Waals surface area (Å²) in [6.07, 6.45) is 3.19. The van der Waals surface area contributed by atoms with Crippen molar-refractivity contribution >= 4 is 22.8 Å². The maximum absolute atomic E-state index is 12.1. The zero-order valence-corrected chi connectivity index (χ0v) is 12.8. The van der Waals surface area contributed by atoms with Gasteiger partial charge in [0, 0.05) is 11.3 Å². The minimum atomic E-state index is 0.0890. The van der Waals surface area contributed by atoms with E-state index < -0.39 is 0 Å². The van der Waals surface area contributed by atoms with Crippen LogP contribution in [0, 0.1) is 0 Å². The maximum Gasteiger partial charge on any atom is 0.208 e. The number of allylic oxidation sites excluding steroid dienone is 2. The van der Waals surface area contributed by atoms with Crippen molar-refractivity contribution in [3.05, 3.63) is 35.5 Å². The van der Waals surface area contributed by atoms with Gasteiger partial charge in [-0.25, -0.2) is 4.98 Å². The van der Waals surface area contributed by atoms with Gasteiger partial charge in [0.2, 0.25) is 5.95 Å². The van der Waals surface area contributed by atoms with Crippen LogP contribution in [0.25, 0.3) is 11.0 Å². The second kappa shape index (κ2) is 5.35. The number of para-hydroxylation sites is 2. The molecule has 1 aromatic carbocycles. The van der Waals surface area contributed by atoms with Gasteiger partial charge in [0.25, 0.3) is 0 Å². The van der Waals surface area contributed by atoms with Crippen LogP contribution in [-0.4, -0.2) is 15.3 Å². The van der Waals surface area contributed by atoms with Crippen molar-refractivity contribution in [3.63, 3.8) is 0 Å². The van der Waals surface area contributed by atoms with Gasteiger partial charge < -0.3 is 9.88 Å². The molecule has 2 heterocycles. The molecule has 4 nitrogen and oxygen atoms in total. The highest BCUT2D eigenvalue weighted by Crippen LogP contribution is 2.37. The Morgan fingerprint density at radius 1 is 1.38 bits per heavy atom. The van der Waals surface area contributed by atoms with E-state index in [-0.39, 0.29) is 11.8 Å². The van der Waals surface area contributed by atoms with Gasteiger partial charge in [0.05, 0.1) is 17.1 Å². The summed E-state index contributed by atoms with van der Waals surface area (Å²) >= 11 is 0. The van der Waals surface area contributed by atoms with Crippen LogP contribution in [0.15, 0.2) is 35.5 Å².